The minimum absolute atomic E-state index is 0.265. The molecule has 5 nitrogen and oxygen atoms in total. The van der Waals surface area contributed by atoms with E-state index in [-0.39, 0.29) is 5.75 Å². The molecule has 0 atom stereocenters. The molecule has 0 amide bonds. The normalized spacial score (nSPS) is 10.2. The minimum atomic E-state index is -1.06. The maximum absolute atomic E-state index is 10.5. The first kappa shape index (κ1) is 14.6. The average Bonchev–Trinajstić information content (AvgIpc) is 2.28. The number of hydrogen-bond donors (Lipinski definition) is 2. The first-order valence-corrected chi connectivity index (χ1v) is 5.90. The van der Waals surface area contributed by atoms with Gasteiger partial charge >= 0.3 is 5.97 Å². The average molecular weight is 274 g/mol. The predicted molar refractivity (Wildman–Crippen MR) is 68.5 cm³/mol. The Kier molecular flexibility index (Phi) is 5.74. The number of benzene rings is 1. The predicted octanol–water partition coefficient (Wildman–Crippen LogP) is 1.92. The van der Waals surface area contributed by atoms with Crippen molar-refractivity contribution in [3.63, 3.8) is 0 Å². The number of ether oxygens (including phenoxy) is 2. The van der Waals surface area contributed by atoms with E-state index in [0.29, 0.717) is 23.9 Å². The third-order valence-corrected chi connectivity index (χ3v) is 2.37. The molecule has 18 heavy (non-hydrogen) atoms. The van der Waals surface area contributed by atoms with E-state index in [2.05, 4.69) is 5.32 Å². The van der Waals surface area contributed by atoms with Crippen molar-refractivity contribution in [3.8, 4) is 11.5 Å². The lowest BCUT2D eigenvalue weighted by Crippen LogP contribution is -2.11. The molecule has 0 aliphatic carbocycles. The Bertz CT molecular complexity index is 423. The van der Waals surface area contributed by atoms with Crippen molar-refractivity contribution in [2.45, 2.75) is 13.5 Å². The van der Waals surface area contributed by atoms with Crippen LogP contribution in [0.25, 0.3) is 0 Å². The second-order valence-electron chi connectivity index (χ2n) is 3.55. The van der Waals surface area contributed by atoms with Gasteiger partial charge in [0.15, 0.2) is 18.1 Å². The van der Waals surface area contributed by atoms with Crippen LogP contribution in [0.1, 0.15) is 12.5 Å². The van der Waals surface area contributed by atoms with Gasteiger partial charge in [-0.05, 0) is 31.7 Å². The molecule has 1 aromatic carbocycles. The van der Waals surface area contributed by atoms with Gasteiger partial charge in [0.1, 0.15) is 0 Å². The van der Waals surface area contributed by atoms with Crippen LogP contribution in [0.2, 0.25) is 5.02 Å². The molecule has 1 rings (SSSR count). The van der Waals surface area contributed by atoms with Gasteiger partial charge in [0.25, 0.3) is 0 Å². The molecule has 0 unspecified atom stereocenters. The fourth-order valence-corrected chi connectivity index (χ4v) is 1.75. The molecule has 0 aliphatic heterocycles. The van der Waals surface area contributed by atoms with Gasteiger partial charge in [-0.25, -0.2) is 4.79 Å². The fraction of sp³-hybridized carbons (Fsp3) is 0.417. The quantitative estimate of drug-likeness (QED) is 0.794. The highest BCUT2D eigenvalue weighted by atomic mass is 35.5. The van der Waals surface area contributed by atoms with Crippen LogP contribution >= 0.6 is 11.6 Å². The Morgan fingerprint density at radius 1 is 1.44 bits per heavy atom. The van der Waals surface area contributed by atoms with E-state index in [9.17, 15) is 4.79 Å². The molecule has 0 spiro atoms. The maximum atomic E-state index is 10.5. The van der Waals surface area contributed by atoms with Gasteiger partial charge in [-0.2, -0.15) is 0 Å². The number of rotatable bonds is 7. The summed E-state index contributed by atoms with van der Waals surface area (Å²) in [6, 6.07) is 3.50. The zero-order chi connectivity index (χ0) is 13.5. The second-order valence-corrected chi connectivity index (χ2v) is 3.96. The van der Waals surface area contributed by atoms with E-state index in [4.69, 9.17) is 26.2 Å². The molecule has 100 valence electrons. The van der Waals surface area contributed by atoms with E-state index in [1.165, 1.54) is 0 Å². The summed E-state index contributed by atoms with van der Waals surface area (Å²) >= 11 is 6.06. The van der Waals surface area contributed by atoms with E-state index in [1.54, 1.807) is 12.1 Å². The van der Waals surface area contributed by atoms with Crippen molar-refractivity contribution in [1.82, 2.24) is 5.32 Å². The summed E-state index contributed by atoms with van der Waals surface area (Å²) in [5, 5.41) is 11.9. The largest absolute Gasteiger partial charge is 0.490 e. The Morgan fingerprint density at radius 2 is 2.17 bits per heavy atom. The van der Waals surface area contributed by atoms with Crippen molar-refractivity contribution in [2.24, 2.45) is 0 Å². The summed E-state index contributed by atoms with van der Waals surface area (Å²) in [4.78, 5) is 10.5. The molecule has 0 bridgehead atoms. The van der Waals surface area contributed by atoms with Crippen LogP contribution in [0.3, 0.4) is 0 Å². The number of hydrogen-bond acceptors (Lipinski definition) is 4. The van der Waals surface area contributed by atoms with Crippen molar-refractivity contribution >= 4 is 17.6 Å². The van der Waals surface area contributed by atoms with Gasteiger partial charge in [-0.15, -0.1) is 0 Å². The van der Waals surface area contributed by atoms with Crippen molar-refractivity contribution < 1.29 is 19.4 Å². The molecule has 0 aromatic heterocycles. The van der Waals surface area contributed by atoms with Crippen molar-refractivity contribution in [3.05, 3.63) is 22.7 Å². The van der Waals surface area contributed by atoms with Crippen LogP contribution in [0.4, 0.5) is 0 Å². The fourth-order valence-electron chi connectivity index (χ4n) is 1.46. The van der Waals surface area contributed by atoms with E-state index < -0.39 is 12.6 Å². The number of carbonyl (C=O) groups is 1. The lowest BCUT2D eigenvalue weighted by Gasteiger charge is -2.14. The third kappa shape index (κ3) is 4.09. The van der Waals surface area contributed by atoms with Crippen LogP contribution in [0, 0.1) is 0 Å². The van der Waals surface area contributed by atoms with E-state index >= 15 is 0 Å². The van der Waals surface area contributed by atoms with E-state index in [1.807, 2.05) is 14.0 Å². The van der Waals surface area contributed by atoms with Gasteiger partial charge in [-0.1, -0.05) is 11.6 Å². The Balaban J connectivity index is 3.01. The number of carboxylic acid groups (broad SMARTS) is 1. The molecule has 0 aliphatic rings. The van der Waals surface area contributed by atoms with Crippen LogP contribution in [-0.2, 0) is 11.3 Å². The Labute approximate surface area is 111 Å². The molecular weight excluding hydrogens is 258 g/mol. The lowest BCUT2D eigenvalue weighted by atomic mass is 10.2. The molecule has 0 fully saturated rings. The van der Waals surface area contributed by atoms with E-state index in [0.717, 1.165) is 5.56 Å². The highest BCUT2D eigenvalue weighted by Gasteiger charge is 2.13. The SMILES string of the molecule is CCOc1cc(CNC)cc(Cl)c1OCC(=O)O. The molecular formula is C12H16ClNO4. The highest BCUT2D eigenvalue weighted by Crippen LogP contribution is 2.36. The smallest absolute Gasteiger partial charge is 0.341 e. The topological polar surface area (TPSA) is 67.8 Å². The second kappa shape index (κ2) is 7.08. The highest BCUT2D eigenvalue weighted by molar-refractivity contribution is 6.32. The van der Waals surface area contributed by atoms with Crippen LogP contribution in [0.5, 0.6) is 11.5 Å². The number of halogens is 1. The third-order valence-electron chi connectivity index (χ3n) is 2.09. The van der Waals surface area contributed by atoms with Crippen LogP contribution in [-0.4, -0.2) is 31.3 Å². The first-order valence-electron chi connectivity index (χ1n) is 5.52. The lowest BCUT2D eigenvalue weighted by molar-refractivity contribution is -0.139. The summed E-state index contributed by atoms with van der Waals surface area (Å²) in [7, 11) is 1.82. The monoisotopic (exact) mass is 273 g/mol. The summed E-state index contributed by atoms with van der Waals surface area (Å²) in [6.07, 6.45) is 0. The molecule has 0 saturated heterocycles. The summed E-state index contributed by atoms with van der Waals surface area (Å²) in [6.45, 7) is 2.46. The summed E-state index contributed by atoms with van der Waals surface area (Å²) in [5.74, 6) is -0.343. The number of aliphatic carboxylic acids is 1. The minimum Gasteiger partial charge on any atom is -0.490 e. The van der Waals surface area contributed by atoms with Gasteiger partial charge < -0.3 is 19.9 Å². The van der Waals surface area contributed by atoms with Gasteiger partial charge in [0.05, 0.1) is 11.6 Å². The summed E-state index contributed by atoms with van der Waals surface area (Å²) in [5.41, 5.74) is 0.939. The zero-order valence-electron chi connectivity index (χ0n) is 10.3. The van der Waals surface area contributed by atoms with Gasteiger partial charge in [0, 0.05) is 6.54 Å². The molecule has 0 radical (unpaired) electrons. The Hall–Kier alpha value is -1.46. The van der Waals surface area contributed by atoms with Gasteiger partial charge in [0.2, 0.25) is 0 Å². The Morgan fingerprint density at radius 3 is 2.72 bits per heavy atom. The number of carboxylic acids is 1. The van der Waals surface area contributed by atoms with Crippen LogP contribution < -0.4 is 14.8 Å². The molecule has 6 heteroatoms. The molecule has 0 heterocycles. The van der Waals surface area contributed by atoms with Crippen LogP contribution in [0.15, 0.2) is 12.1 Å². The summed E-state index contributed by atoms with van der Waals surface area (Å²) < 4.78 is 10.5. The first-order chi connectivity index (χ1) is 8.58. The standard InChI is InChI=1S/C12H16ClNO4/c1-3-17-10-5-8(6-14-2)4-9(13)12(10)18-7-11(15)16/h4-5,14H,3,6-7H2,1-2H3,(H,15,16). The number of nitrogens with one attached hydrogen (secondary N) is 1. The molecule has 2 N–H and O–H groups in total. The maximum Gasteiger partial charge on any atom is 0.341 e. The molecule has 0 saturated carbocycles. The zero-order valence-corrected chi connectivity index (χ0v) is 11.1. The van der Waals surface area contributed by atoms with Crippen molar-refractivity contribution in [2.75, 3.05) is 20.3 Å². The van der Waals surface area contributed by atoms with Gasteiger partial charge in [-0.3, -0.25) is 0 Å². The van der Waals surface area contributed by atoms with Crippen molar-refractivity contribution in [1.29, 1.82) is 0 Å². The molecule has 1 aromatic rings.